The van der Waals surface area contributed by atoms with Gasteiger partial charge in [-0.25, -0.2) is 8.42 Å². The van der Waals surface area contributed by atoms with Crippen molar-refractivity contribution in [3.05, 3.63) is 47.3 Å². The molecule has 1 aliphatic heterocycles. The van der Waals surface area contributed by atoms with Crippen molar-refractivity contribution in [2.24, 2.45) is 10.7 Å². The molecule has 24 heavy (non-hydrogen) atoms. The van der Waals surface area contributed by atoms with Gasteiger partial charge < -0.3 is 5.73 Å². The molecule has 0 radical (unpaired) electrons. The van der Waals surface area contributed by atoms with Crippen LogP contribution >= 0.6 is 23.1 Å². The zero-order valence-electron chi connectivity index (χ0n) is 13.2. The maximum absolute atomic E-state index is 12.4. The Morgan fingerprint density at radius 3 is 2.88 bits per heavy atom. The van der Waals surface area contributed by atoms with Gasteiger partial charge in [0.2, 0.25) is 0 Å². The molecule has 5 nitrogen and oxygen atoms in total. The molecule has 2 heterocycles. The maximum atomic E-state index is 12.4. The molecule has 3 N–H and O–H groups in total. The second kappa shape index (κ2) is 6.78. The Hall–Kier alpha value is -1.51. The molecule has 1 aliphatic rings. The summed E-state index contributed by atoms with van der Waals surface area (Å²) in [6, 6.07) is 10.7. The van der Waals surface area contributed by atoms with Crippen LogP contribution in [0.25, 0.3) is 0 Å². The molecule has 0 saturated heterocycles. The van der Waals surface area contributed by atoms with Crippen LogP contribution in [-0.4, -0.2) is 19.3 Å². The number of nitrogens with two attached hydrogens (primary N) is 1. The minimum atomic E-state index is -3.55. The quantitative estimate of drug-likeness (QED) is 0.847. The number of sulfonamides is 1. The van der Waals surface area contributed by atoms with E-state index in [-0.39, 0.29) is 0 Å². The van der Waals surface area contributed by atoms with Crippen molar-refractivity contribution in [2.45, 2.75) is 29.5 Å². The molecule has 0 saturated carbocycles. The summed E-state index contributed by atoms with van der Waals surface area (Å²) >= 11 is 2.76. The fraction of sp³-hybridized carbons (Fsp3) is 0.312. The van der Waals surface area contributed by atoms with E-state index in [2.05, 4.69) is 9.71 Å². The number of amidine groups is 1. The van der Waals surface area contributed by atoms with E-state index in [1.165, 1.54) is 11.3 Å². The molecule has 3 rings (SSSR count). The summed E-state index contributed by atoms with van der Waals surface area (Å²) in [4.78, 5) is 4.65. The summed E-state index contributed by atoms with van der Waals surface area (Å²) in [7, 11) is -3.55. The van der Waals surface area contributed by atoms with Crippen molar-refractivity contribution in [1.82, 2.24) is 0 Å². The molecule has 2 aromatic rings. The van der Waals surface area contributed by atoms with Crippen molar-refractivity contribution in [3.8, 4) is 0 Å². The summed E-state index contributed by atoms with van der Waals surface area (Å²) in [6.45, 7) is 2.04. The monoisotopic (exact) mass is 381 g/mol. The molecular weight excluding hydrogens is 362 g/mol. The first-order chi connectivity index (χ1) is 11.4. The van der Waals surface area contributed by atoms with Gasteiger partial charge in [0.1, 0.15) is 4.21 Å². The molecule has 1 atom stereocenters. The molecule has 128 valence electrons. The predicted octanol–water partition coefficient (Wildman–Crippen LogP) is 3.61. The summed E-state index contributed by atoms with van der Waals surface area (Å²) in [5.41, 5.74) is 7.01. The summed E-state index contributed by atoms with van der Waals surface area (Å²) in [5.74, 6) is 0.954. The second-order valence-corrected chi connectivity index (χ2v) is 9.77. The third kappa shape index (κ3) is 3.76. The smallest absolute Gasteiger partial charge is 0.271 e. The number of rotatable bonds is 4. The van der Waals surface area contributed by atoms with Crippen molar-refractivity contribution in [3.63, 3.8) is 0 Å². The van der Waals surface area contributed by atoms with Crippen molar-refractivity contribution in [2.75, 3.05) is 10.5 Å². The molecule has 8 heteroatoms. The van der Waals surface area contributed by atoms with Crippen LogP contribution in [0, 0.1) is 0 Å². The van der Waals surface area contributed by atoms with Crippen LogP contribution in [0.5, 0.6) is 0 Å². The van der Waals surface area contributed by atoms with E-state index in [9.17, 15) is 8.42 Å². The highest BCUT2D eigenvalue weighted by atomic mass is 32.2. The maximum Gasteiger partial charge on any atom is 0.271 e. The third-order valence-electron chi connectivity index (χ3n) is 3.91. The molecule has 1 aromatic carbocycles. The highest BCUT2D eigenvalue weighted by Gasteiger charge is 2.28. The van der Waals surface area contributed by atoms with E-state index in [0.717, 1.165) is 24.2 Å². The Kier molecular flexibility index (Phi) is 4.89. The van der Waals surface area contributed by atoms with E-state index >= 15 is 0 Å². The standard InChI is InChI=1S/C16H19N3O2S3/c1-16(8-4-10-23-15(17)18-16)12-5-2-6-13(11-12)19-24(20,21)14-7-3-9-22-14/h2-3,5-7,9,11,19H,4,8,10H2,1H3,(H2,17,18). The van der Waals surface area contributed by atoms with E-state index in [4.69, 9.17) is 5.73 Å². The van der Waals surface area contributed by atoms with E-state index in [1.807, 2.05) is 25.1 Å². The fourth-order valence-corrected chi connectivity index (χ4v) is 5.48. The van der Waals surface area contributed by atoms with Gasteiger partial charge in [-0.2, -0.15) is 0 Å². The lowest BCUT2D eigenvalue weighted by atomic mass is 9.88. The minimum absolute atomic E-state index is 0.298. The van der Waals surface area contributed by atoms with Crippen molar-refractivity contribution < 1.29 is 8.42 Å². The molecule has 1 unspecified atom stereocenters. The number of aliphatic imine (C=N–C) groups is 1. The number of thiophene rings is 1. The first-order valence-electron chi connectivity index (χ1n) is 7.54. The first-order valence-corrected chi connectivity index (χ1v) is 10.9. The number of hydrogen-bond acceptors (Lipinski definition) is 6. The first kappa shape index (κ1) is 17.3. The molecule has 0 bridgehead atoms. The van der Waals surface area contributed by atoms with Crippen LogP contribution in [0.2, 0.25) is 0 Å². The van der Waals surface area contributed by atoms with Crippen LogP contribution < -0.4 is 10.5 Å². The van der Waals surface area contributed by atoms with Gasteiger partial charge in [-0.3, -0.25) is 9.71 Å². The van der Waals surface area contributed by atoms with Crippen LogP contribution in [0.1, 0.15) is 25.3 Å². The Morgan fingerprint density at radius 2 is 2.12 bits per heavy atom. The molecule has 0 fully saturated rings. The van der Waals surface area contributed by atoms with Crippen LogP contribution in [-0.2, 0) is 15.6 Å². The Balaban J connectivity index is 1.91. The van der Waals surface area contributed by atoms with Gasteiger partial charge >= 0.3 is 0 Å². The number of anilines is 1. The highest BCUT2D eigenvalue weighted by molar-refractivity contribution is 8.13. The normalized spacial score (nSPS) is 21.8. The third-order valence-corrected chi connectivity index (χ3v) is 7.57. The predicted molar refractivity (Wildman–Crippen MR) is 102 cm³/mol. The summed E-state index contributed by atoms with van der Waals surface area (Å²) < 4.78 is 27.7. The summed E-state index contributed by atoms with van der Waals surface area (Å²) in [5, 5.41) is 2.33. The van der Waals surface area contributed by atoms with E-state index < -0.39 is 15.6 Å². The number of nitrogens with zero attached hydrogens (tertiary/aromatic N) is 1. The van der Waals surface area contributed by atoms with Gasteiger partial charge in [-0.05, 0) is 48.9 Å². The Bertz CT molecular complexity index is 847. The van der Waals surface area contributed by atoms with Crippen LogP contribution in [0.3, 0.4) is 0 Å². The van der Waals surface area contributed by atoms with Crippen LogP contribution in [0.15, 0.2) is 51.0 Å². The Labute approximate surface area is 150 Å². The van der Waals surface area contributed by atoms with E-state index in [1.54, 1.807) is 35.3 Å². The van der Waals surface area contributed by atoms with Gasteiger partial charge in [0.05, 0.1) is 5.54 Å². The molecular formula is C16H19N3O2S3. The van der Waals surface area contributed by atoms with Crippen molar-refractivity contribution in [1.29, 1.82) is 0 Å². The minimum Gasteiger partial charge on any atom is -0.379 e. The lowest BCUT2D eigenvalue weighted by Gasteiger charge is -2.25. The topological polar surface area (TPSA) is 84.5 Å². The molecule has 0 spiro atoms. The number of nitrogens with one attached hydrogen (secondary N) is 1. The summed E-state index contributed by atoms with van der Waals surface area (Å²) in [6.07, 6.45) is 1.89. The number of thioether (sulfide) groups is 1. The lowest BCUT2D eigenvalue weighted by molar-refractivity contribution is 0.455. The van der Waals surface area contributed by atoms with Gasteiger partial charge in [0.25, 0.3) is 10.0 Å². The molecule has 0 amide bonds. The van der Waals surface area contributed by atoms with E-state index in [0.29, 0.717) is 15.1 Å². The lowest BCUT2D eigenvalue weighted by Crippen LogP contribution is -2.22. The molecule has 0 aliphatic carbocycles. The zero-order chi connectivity index (χ0) is 17.2. The van der Waals surface area contributed by atoms with Gasteiger partial charge in [-0.15, -0.1) is 11.3 Å². The second-order valence-electron chi connectivity index (χ2n) is 5.79. The number of benzene rings is 1. The average molecular weight is 382 g/mol. The van der Waals surface area contributed by atoms with Gasteiger partial charge in [0, 0.05) is 11.4 Å². The fourth-order valence-electron chi connectivity index (χ4n) is 2.67. The highest BCUT2D eigenvalue weighted by Crippen LogP contribution is 2.35. The number of hydrogen-bond donors (Lipinski definition) is 2. The largest absolute Gasteiger partial charge is 0.379 e. The SMILES string of the molecule is CC1(c2cccc(NS(=O)(=O)c3cccs3)c2)CCCSC(N)=N1. The zero-order valence-corrected chi connectivity index (χ0v) is 15.7. The van der Waals surface area contributed by atoms with Crippen LogP contribution in [0.4, 0.5) is 5.69 Å². The van der Waals surface area contributed by atoms with Gasteiger partial charge in [0.15, 0.2) is 5.17 Å². The Morgan fingerprint density at radius 1 is 1.29 bits per heavy atom. The average Bonchev–Trinajstić information content (AvgIpc) is 3.01. The molecule has 1 aromatic heterocycles. The van der Waals surface area contributed by atoms with Crippen molar-refractivity contribution >= 4 is 44.0 Å². The van der Waals surface area contributed by atoms with Gasteiger partial charge in [-0.1, -0.05) is 30.0 Å².